The van der Waals surface area contributed by atoms with Crippen molar-refractivity contribution in [1.82, 2.24) is 5.32 Å². The maximum atomic E-state index is 12.5. The van der Waals surface area contributed by atoms with Gasteiger partial charge in [0, 0.05) is 16.3 Å². The van der Waals surface area contributed by atoms with Crippen molar-refractivity contribution < 1.29 is 14.6 Å². The van der Waals surface area contributed by atoms with Gasteiger partial charge >= 0.3 is 6.03 Å². The first kappa shape index (κ1) is 19.7. The lowest BCUT2D eigenvalue weighted by atomic mass is 9.98. The van der Waals surface area contributed by atoms with Gasteiger partial charge in [-0.3, -0.25) is 0 Å². The SMILES string of the molecule is C[C@H](NC(=O)Nc1cccc(Cl)c1)[C@@H](c1ccccc1)[NH+]1CC[NH+](C)CC1. The van der Waals surface area contributed by atoms with Crippen LogP contribution in [0.2, 0.25) is 5.02 Å². The van der Waals surface area contributed by atoms with Crippen molar-refractivity contribution in [3.8, 4) is 0 Å². The quantitative estimate of drug-likeness (QED) is 0.607. The molecule has 2 aromatic carbocycles. The van der Waals surface area contributed by atoms with E-state index in [1.807, 2.05) is 18.2 Å². The maximum absolute atomic E-state index is 12.5. The Morgan fingerprint density at radius 1 is 1.04 bits per heavy atom. The molecule has 1 aliphatic heterocycles. The van der Waals surface area contributed by atoms with Crippen LogP contribution in [-0.4, -0.2) is 45.3 Å². The third-order valence-electron chi connectivity index (χ3n) is 5.29. The molecular formula is C21H29ClN4O+2. The van der Waals surface area contributed by atoms with Gasteiger partial charge in [0.15, 0.2) is 0 Å². The normalized spacial score (nSPS) is 21.9. The number of urea groups is 1. The van der Waals surface area contributed by atoms with Crippen molar-refractivity contribution in [2.45, 2.75) is 19.0 Å². The van der Waals surface area contributed by atoms with E-state index in [0.29, 0.717) is 10.7 Å². The minimum atomic E-state index is -0.204. The Morgan fingerprint density at radius 2 is 1.74 bits per heavy atom. The van der Waals surface area contributed by atoms with E-state index in [4.69, 9.17) is 11.6 Å². The lowest BCUT2D eigenvalue weighted by Gasteiger charge is -2.36. The number of carbonyl (C=O) groups is 1. The van der Waals surface area contributed by atoms with Crippen molar-refractivity contribution in [3.05, 3.63) is 65.2 Å². The Labute approximate surface area is 166 Å². The third kappa shape index (κ3) is 5.45. The smallest absolute Gasteiger partial charge is 0.319 e. The van der Waals surface area contributed by atoms with Crippen molar-refractivity contribution in [1.29, 1.82) is 0 Å². The van der Waals surface area contributed by atoms with Gasteiger partial charge in [0.2, 0.25) is 0 Å². The predicted molar refractivity (Wildman–Crippen MR) is 110 cm³/mol. The lowest BCUT2D eigenvalue weighted by Crippen LogP contribution is -3.27. The van der Waals surface area contributed by atoms with Gasteiger partial charge in [0.1, 0.15) is 32.2 Å². The number of piperazine rings is 1. The maximum Gasteiger partial charge on any atom is 0.319 e. The number of halogens is 1. The Balaban J connectivity index is 1.70. The number of nitrogens with one attached hydrogen (secondary N) is 4. The highest BCUT2D eigenvalue weighted by molar-refractivity contribution is 6.30. The van der Waals surface area contributed by atoms with Crippen LogP contribution in [0.5, 0.6) is 0 Å². The summed E-state index contributed by atoms with van der Waals surface area (Å²) in [6.45, 7) is 6.61. The summed E-state index contributed by atoms with van der Waals surface area (Å²) in [5.74, 6) is 0. The van der Waals surface area contributed by atoms with Gasteiger partial charge in [-0.2, -0.15) is 0 Å². The van der Waals surface area contributed by atoms with Gasteiger partial charge in [0.25, 0.3) is 0 Å². The van der Waals surface area contributed by atoms with Crippen LogP contribution < -0.4 is 20.4 Å². The zero-order chi connectivity index (χ0) is 19.2. The molecule has 1 aliphatic rings. The second-order valence-corrected chi connectivity index (χ2v) is 7.84. The number of amides is 2. The van der Waals surface area contributed by atoms with Crippen molar-refractivity contribution >= 4 is 23.3 Å². The summed E-state index contributed by atoms with van der Waals surface area (Å²) in [5.41, 5.74) is 1.96. The summed E-state index contributed by atoms with van der Waals surface area (Å²) in [6.07, 6.45) is 0. The van der Waals surface area contributed by atoms with Crippen LogP contribution in [0.4, 0.5) is 10.5 Å². The summed E-state index contributed by atoms with van der Waals surface area (Å²) in [5, 5.41) is 6.62. The molecule has 3 rings (SSSR count). The molecule has 1 fully saturated rings. The number of anilines is 1. The van der Waals surface area contributed by atoms with Gasteiger partial charge in [-0.05, 0) is 25.1 Å². The van der Waals surface area contributed by atoms with E-state index >= 15 is 0 Å². The summed E-state index contributed by atoms with van der Waals surface area (Å²) in [7, 11) is 2.24. The molecule has 0 unspecified atom stereocenters. The third-order valence-corrected chi connectivity index (χ3v) is 5.52. The van der Waals surface area contributed by atoms with Gasteiger partial charge in [-0.1, -0.05) is 48.0 Å². The zero-order valence-corrected chi connectivity index (χ0v) is 16.7. The van der Waals surface area contributed by atoms with Gasteiger partial charge in [-0.15, -0.1) is 0 Å². The summed E-state index contributed by atoms with van der Waals surface area (Å²) >= 11 is 6.00. The molecule has 6 heteroatoms. The highest BCUT2D eigenvalue weighted by Gasteiger charge is 2.34. The molecule has 2 atom stereocenters. The molecule has 0 aromatic heterocycles. The van der Waals surface area contributed by atoms with Crippen molar-refractivity contribution in [3.63, 3.8) is 0 Å². The number of likely N-dealkylation sites (N-methyl/N-ethyl adjacent to an activating group) is 1. The topological polar surface area (TPSA) is 50.0 Å². The van der Waals surface area contributed by atoms with Crippen LogP contribution in [0.3, 0.4) is 0 Å². The van der Waals surface area contributed by atoms with Gasteiger partial charge in [0.05, 0.1) is 13.1 Å². The molecule has 1 heterocycles. The van der Waals surface area contributed by atoms with Crippen LogP contribution in [0.1, 0.15) is 18.5 Å². The highest BCUT2D eigenvalue weighted by Crippen LogP contribution is 2.16. The molecular weight excluding hydrogens is 360 g/mol. The van der Waals surface area contributed by atoms with Crippen LogP contribution in [-0.2, 0) is 0 Å². The molecule has 5 nitrogen and oxygen atoms in total. The van der Waals surface area contributed by atoms with E-state index in [0.717, 1.165) is 26.2 Å². The Morgan fingerprint density at radius 3 is 2.41 bits per heavy atom. The fraction of sp³-hybridized carbons (Fsp3) is 0.381. The minimum Gasteiger partial charge on any atom is -0.329 e. The largest absolute Gasteiger partial charge is 0.329 e. The second kappa shape index (κ2) is 9.22. The van der Waals surface area contributed by atoms with E-state index in [2.05, 4.69) is 48.9 Å². The Bertz CT molecular complexity index is 747. The number of hydrogen-bond donors (Lipinski definition) is 4. The van der Waals surface area contributed by atoms with E-state index in [9.17, 15) is 4.79 Å². The van der Waals surface area contributed by atoms with Crippen LogP contribution in [0, 0.1) is 0 Å². The fourth-order valence-corrected chi connectivity index (χ4v) is 4.06. The highest BCUT2D eigenvalue weighted by atomic mass is 35.5. The van der Waals surface area contributed by atoms with Crippen LogP contribution >= 0.6 is 11.6 Å². The van der Waals surface area contributed by atoms with Gasteiger partial charge < -0.3 is 20.4 Å². The van der Waals surface area contributed by atoms with Crippen molar-refractivity contribution in [2.75, 3.05) is 38.5 Å². The molecule has 0 bridgehead atoms. The summed E-state index contributed by atoms with van der Waals surface area (Å²) in [4.78, 5) is 15.6. The average Bonchev–Trinajstić information content (AvgIpc) is 2.64. The standard InChI is InChI=1S/C21H27ClN4O/c1-16(23-21(27)24-19-10-6-9-18(22)15-19)20(17-7-4-3-5-8-17)26-13-11-25(2)12-14-26/h3-10,15-16,20H,11-14H2,1-2H3,(H2,23,24,27)/p+2/t16-,20-/m0/s1. The first-order valence-corrected chi connectivity index (χ1v) is 9.94. The molecule has 0 radical (unpaired) electrons. The van der Waals surface area contributed by atoms with E-state index in [1.54, 1.807) is 17.0 Å². The molecule has 0 saturated carbocycles. The number of rotatable bonds is 5. The lowest BCUT2D eigenvalue weighted by molar-refractivity contribution is -1.02. The summed E-state index contributed by atoms with van der Waals surface area (Å²) in [6, 6.07) is 17.7. The minimum absolute atomic E-state index is 0.00000898. The van der Waals surface area contributed by atoms with E-state index in [-0.39, 0.29) is 18.1 Å². The Hall–Kier alpha value is -2.08. The summed E-state index contributed by atoms with van der Waals surface area (Å²) < 4.78 is 0. The molecule has 27 heavy (non-hydrogen) atoms. The molecule has 4 N–H and O–H groups in total. The monoisotopic (exact) mass is 388 g/mol. The molecule has 1 saturated heterocycles. The Kier molecular flexibility index (Phi) is 6.72. The molecule has 2 amide bonds. The van der Waals surface area contributed by atoms with Crippen LogP contribution in [0.25, 0.3) is 0 Å². The molecule has 0 aliphatic carbocycles. The molecule has 144 valence electrons. The average molecular weight is 389 g/mol. The predicted octanol–water partition coefficient (Wildman–Crippen LogP) is 1.00. The second-order valence-electron chi connectivity index (χ2n) is 7.40. The van der Waals surface area contributed by atoms with Crippen LogP contribution in [0.15, 0.2) is 54.6 Å². The number of benzene rings is 2. The fourth-order valence-electron chi connectivity index (χ4n) is 3.87. The first-order valence-electron chi connectivity index (χ1n) is 9.57. The zero-order valence-electron chi connectivity index (χ0n) is 16.0. The number of carbonyl (C=O) groups excluding carboxylic acids is 1. The van der Waals surface area contributed by atoms with E-state index in [1.165, 1.54) is 10.5 Å². The number of hydrogen-bond acceptors (Lipinski definition) is 1. The first-order chi connectivity index (χ1) is 13.0. The van der Waals surface area contributed by atoms with Crippen molar-refractivity contribution in [2.24, 2.45) is 0 Å². The number of quaternary nitrogens is 2. The molecule has 0 spiro atoms. The van der Waals surface area contributed by atoms with Gasteiger partial charge in [-0.25, -0.2) is 4.79 Å². The van der Waals surface area contributed by atoms with E-state index < -0.39 is 0 Å². The molecule has 2 aromatic rings.